The molecule has 0 atom stereocenters. The van der Waals surface area contributed by atoms with Crippen molar-refractivity contribution < 1.29 is 13.5 Å². The number of aromatic nitrogens is 1. The van der Waals surface area contributed by atoms with Gasteiger partial charge in [-0.25, -0.2) is 13.8 Å². The molecule has 2 aromatic carbocycles. The van der Waals surface area contributed by atoms with Crippen LogP contribution in [0.1, 0.15) is 11.1 Å². The van der Waals surface area contributed by atoms with Gasteiger partial charge in [-0.15, -0.1) is 0 Å². The maximum atomic E-state index is 13.5. The van der Waals surface area contributed by atoms with Gasteiger partial charge in [0.2, 0.25) is 5.88 Å². The van der Waals surface area contributed by atoms with Crippen LogP contribution >= 0.6 is 0 Å². The van der Waals surface area contributed by atoms with Gasteiger partial charge < -0.3 is 10.1 Å². The molecule has 3 aromatic rings. The number of rotatable bonds is 5. The minimum absolute atomic E-state index is 0.0216. The van der Waals surface area contributed by atoms with E-state index in [1.807, 2.05) is 6.07 Å². The molecule has 0 spiro atoms. The summed E-state index contributed by atoms with van der Waals surface area (Å²) in [5.41, 5.74) is 1.24. The van der Waals surface area contributed by atoms with E-state index >= 15 is 0 Å². The number of nitrogens with one attached hydrogen (secondary N) is 1. The molecule has 0 aliphatic rings. The number of nitriles is 1. The van der Waals surface area contributed by atoms with Crippen LogP contribution in [-0.4, -0.2) is 4.98 Å². The molecule has 124 valence electrons. The van der Waals surface area contributed by atoms with E-state index in [9.17, 15) is 8.78 Å². The SMILES string of the molecule is N#Cc1c(F)cccc1NCc1ccc(Oc2ccc(F)cc2)nc1. The number of hydrogen-bond acceptors (Lipinski definition) is 4. The fraction of sp³-hybridized carbons (Fsp3) is 0.0526. The average Bonchev–Trinajstić information content (AvgIpc) is 2.63. The summed E-state index contributed by atoms with van der Waals surface area (Å²) in [6.45, 7) is 0.377. The molecule has 0 aliphatic carbocycles. The van der Waals surface area contributed by atoms with E-state index in [2.05, 4.69) is 10.3 Å². The van der Waals surface area contributed by atoms with Crippen molar-refractivity contribution in [2.45, 2.75) is 6.54 Å². The molecular formula is C19H13F2N3O. The van der Waals surface area contributed by atoms with Crippen LogP contribution in [0.25, 0.3) is 0 Å². The van der Waals surface area contributed by atoms with Crippen LogP contribution in [-0.2, 0) is 6.54 Å². The Morgan fingerprint density at radius 2 is 1.84 bits per heavy atom. The molecule has 0 amide bonds. The van der Waals surface area contributed by atoms with Crippen molar-refractivity contribution >= 4 is 5.69 Å². The largest absolute Gasteiger partial charge is 0.439 e. The first kappa shape index (κ1) is 16.4. The zero-order chi connectivity index (χ0) is 17.6. The number of hydrogen-bond donors (Lipinski definition) is 1. The number of halogens is 2. The predicted molar refractivity (Wildman–Crippen MR) is 89.2 cm³/mol. The Morgan fingerprint density at radius 1 is 1.04 bits per heavy atom. The summed E-state index contributed by atoms with van der Waals surface area (Å²) in [5, 5.41) is 12.0. The highest BCUT2D eigenvalue weighted by Crippen LogP contribution is 2.21. The molecule has 1 heterocycles. The van der Waals surface area contributed by atoms with E-state index in [0.29, 0.717) is 23.9 Å². The summed E-state index contributed by atoms with van der Waals surface area (Å²) in [6, 6.07) is 15.4. The van der Waals surface area contributed by atoms with Gasteiger partial charge >= 0.3 is 0 Å². The van der Waals surface area contributed by atoms with E-state index in [-0.39, 0.29) is 11.4 Å². The second kappa shape index (κ2) is 7.41. The zero-order valence-electron chi connectivity index (χ0n) is 13.0. The Hall–Kier alpha value is -3.46. The van der Waals surface area contributed by atoms with Crippen molar-refractivity contribution in [3.63, 3.8) is 0 Å². The second-order valence-corrected chi connectivity index (χ2v) is 5.19. The first-order valence-corrected chi connectivity index (χ1v) is 7.46. The molecule has 3 rings (SSSR count). The van der Waals surface area contributed by atoms with Gasteiger partial charge in [0.15, 0.2) is 0 Å². The molecule has 6 heteroatoms. The first-order chi connectivity index (χ1) is 12.2. The van der Waals surface area contributed by atoms with Gasteiger partial charge in [-0.3, -0.25) is 0 Å². The van der Waals surface area contributed by atoms with Crippen molar-refractivity contribution in [1.29, 1.82) is 5.26 Å². The van der Waals surface area contributed by atoms with Crippen molar-refractivity contribution in [2.24, 2.45) is 0 Å². The topological polar surface area (TPSA) is 57.9 Å². The van der Waals surface area contributed by atoms with Crippen LogP contribution in [0.5, 0.6) is 11.6 Å². The molecule has 4 nitrogen and oxygen atoms in total. The highest BCUT2D eigenvalue weighted by atomic mass is 19.1. The third-order valence-electron chi connectivity index (χ3n) is 3.44. The number of pyridine rings is 1. The highest BCUT2D eigenvalue weighted by molar-refractivity contribution is 5.58. The molecule has 0 aliphatic heterocycles. The maximum absolute atomic E-state index is 13.5. The predicted octanol–water partition coefficient (Wildman–Crippen LogP) is 4.64. The van der Waals surface area contributed by atoms with Gasteiger partial charge in [-0.2, -0.15) is 5.26 Å². The monoisotopic (exact) mass is 337 g/mol. The molecule has 25 heavy (non-hydrogen) atoms. The molecule has 1 N–H and O–H groups in total. The third-order valence-corrected chi connectivity index (χ3v) is 3.44. The average molecular weight is 337 g/mol. The van der Waals surface area contributed by atoms with Gasteiger partial charge in [-0.1, -0.05) is 12.1 Å². The lowest BCUT2D eigenvalue weighted by Crippen LogP contribution is -2.03. The second-order valence-electron chi connectivity index (χ2n) is 5.19. The Morgan fingerprint density at radius 3 is 2.52 bits per heavy atom. The van der Waals surface area contributed by atoms with Crippen molar-refractivity contribution in [2.75, 3.05) is 5.32 Å². The molecule has 0 saturated carbocycles. The first-order valence-electron chi connectivity index (χ1n) is 7.46. The number of nitrogens with zero attached hydrogens (tertiary/aromatic N) is 2. The standard InChI is InChI=1S/C19H13F2N3O/c20-14-5-7-15(8-6-14)25-19-9-4-13(12-24-19)11-23-18-3-1-2-17(21)16(18)10-22/h1-9,12,23H,11H2. The van der Waals surface area contributed by atoms with Crippen LogP contribution in [0.3, 0.4) is 0 Å². The zero-order valence-corrected chi connectivity index (χ0v) is 13.0. The van der Waals surface area contributed by atoms with E-state index < -0.39 is 5.82 Å². The summed E-state index contributed by atoms with van der Waals surface area (Å²) in [6.07, 6.45) is 1.61. The molecule has 0 unspecified atom stereocenters. The van der Waals surface area contributed by atoms with E-state index in [1.54, 1.807) is 24.4 Å². The number of benzene rings is 2. The fourth-order valence-corrected chi connectivity index (χ4v) is 2.18. The van der Waals surface area contributed by atoms with Gasteiger partial charge in [0.25, 0.3) is 0 Å². The number of anilines is 1. The molecule has 0 radical (unpaired) electrons. The molecule has 0 saturated heterocycles. The normalized spacial score (nSPS) is 10.1. The lowest BCUT2D eigenvalue weighted by atomic mass is 10.1. The van der Waals surface area contributed by atoms with Gasteiger partial charge in [0.05, 0.1) is 5.69 Å². The van der Waals surface area contributed by atoms with Gasteiger partial charge in [0, 0.05) is 18.8 Å². The Labute approximate surface area is 143 Å². The third kappa shape index (κ3) is 4.09. The summed E-state index contributed by atoms with van der Waals surface area (Å²) < 4.78 is 31.9. The Balaban J connectivity index is 1.64. The molecule has 0 fully saturated rings. The Bertz CT molecular complexity index is 903. The summed E-state index contributed by atoms with van der Waals surface area (Å²) in [4.78, 5) is 4.17. The van der Waals surface area contributed by atoms with Crippen LogP contribution in [0.2, 0.25) is 0 Å². The lowest BCUT2D eigenvalue weighted by molar-refractivity contribution is 0.461. The molecule has 0 bridgehead atoms. The van der Waals surface area contributed by atoms with E-state index in [0.717, 1.165) is 5.56 Å². The van der Waals surface area contributed by atoms with Crippen molar-refractivity contribution in [3.8, 4) is 17.7 Å². The Kier molecular flexibility index (Phi) is 4.86. The van der Waals surface area contributed by atoms with Crippen LogP contribution < -0.4 is 10.1 Å². The highest BCUT2D eigenvalue weighted by Gasteiger charge is 2.07. The fourth-order valence-electron chi connectivity index (χ4n) is 2.18. The lowest BCUT2D eigenvalue weighted by Gasteiger charge is -2.09. The summed E-state index contributed by atoms with van der Waals surface area (Å²) in [5.74, 6) is -0.0403. The van der Waals surface area contributed by atoms with E-state index in [1.165, 1.54) is 36.4 Å². The summed E-state index contributed by atoms with van der Waals surface area (Å²) in [7, 11) is 0. The molecular weight excluding hydrogens is 324 g/mol. The van der Waals surface area contributed by atoms with Crippen molar-refractivity contribution in [3.05, 3.63) is 83.6 Å². The minimum atomic E-state index is -0.561. The van der Waals surface area contributed by atoms with Crippen LogP contribution in [0, 0.1) is 23.0 Å². The summed E-state index contributed by atoms with van der Waals surface area (Å²) >= 11 is 0. The van der Waals surface area contributed by atoms with Crippen molar-refractivity contribution in [1.82, 2.24) is 4.98 Å². The maximum Gasteiger partial charge on any atom is 0.219 e. The van der Waals surface area contributed by atoms with Gasteiger partial charge in [0.1, 0.15) is 29.0 Å². The molecule has 1 aromatic heterocycles. The quantitative estimate of drug-likeness (QED) is 0.737. The number of ether oxygens (including phenoxy) is 1. The van der Waals surface area contributed by atoms with Crippen LogP contribution in [0.15, 0.2) is 60.8 Å². The van der Waals surface area contributed by atoms with Crippen LogP contribution in [0.4, 0.5) is 14.5 Å². The minimum Gasteiger partial charge on any atom is -0.439 e. The van der Waals surface area contributed by atoms with E-state index in [4.69, 9.17) is 10.00 Å². The van der Waals surface area contributed by atoms with Gasteiger partial charge in [-0.05, 0) is 42.0 Å². The smallest absolute Gasteiger partial charge is 0.219 e.